The smallest absolute Gasteiger partial charge is 0.310 e. The number of hydrogen-bond donors (Lipinski definition) is 0. The fourth-order valence-corrected chi connectivity index (χ4v) is 2.58. The third-order valence-corrected chi connectivity index (χ3v) is 4.00. The van der Waals surface area contributed by atoms with Crippen molar-refractivity contribution in [2.45, 2.75) is 65.2 Å². The van der Waals surface area contributed by atoms with Gasteiger partial charge in [0.1, 0.15) is 0 Å². The second-order valence-corrected chi connectivity index (χ2v) is 5.93. The molecule has 1 rings (SSSR count). The molecule has 0 heterocycles. The van der Waals surface area contributed by atoms with Crippen molar-refractivity contribution in [3.05, 3.63) is 12.2 Å². The lowest BCUT2D eigenvalue weighted by atomic mass is 9.82. The van der Waals surface area contributed by atoms with Gasteiger partial charge in [-0.2, -0.15) is 0 Å². The molecule has 4 nitrogen and oxygen atoms in total. The van der Waals surface area contributed by atoms with E-state index >= 15 is 0 Å². The topological polar surface area (TPSA) is 52.6 Å². The predicted molar refractivity (Wildman–Crippen MR) is 86.3 cm³/mol. The molecule has 0 aromatic carbocycles. The molecule has 1 aliphatic carbocycles. The van der Waals surface area contributed by atoms with Crippen molar-refractivity contribution in [2.75, 3.05) is 13.2 Å². The quantitative estimate of drug-likeness (QED) is 0.347. The van der Waals surface area contributed by atoms with Gasteiger partial charge in [0.2, 0.25) is 0 Å². The molecule has 0 aliphatic heterocycles. The first kappa shape index (κ1) is 18.7. The Morgan fingerprint density at radius 2 is 1.82 bits per heavy atom. The van der Waals surface area contributed by atoms with Crippen molar-refractivity contribution in [2.24, 2.45) is 11.8 Å². The van der Waals surface area contributed by atoms with Gasteiger partial charge in [0.15, 0.2) is 0 Å². The molecule has 0 N–H and O–H groups in total. The number of hydrogen-bond acceptors (Lipinski definition) is 4. The summed E-state index contributed by atoms with van der Waals surface area (Å²) in [7, 11) is 0. The molecule has 126 valence electrons. The molecule has 0 bridgehead atoms. The fourth-order valence-electron chi connectivity index (χ4n) is 2.58. The Kier molecular flexibility index (Phi) is 9.60. The highest BCUT2D eigenvalue weighted by molar-refractivity contribution is 5.80. The highest BCUT2D eigenvalue weighted by Crippen LogP contribution is 2.28. The molecular formula is C18H30O4. The van der Waals surface area contributed by atoms with E-state index in [1.807, 2.05) is 0 Å². The molecule has 0 aromatic rings. The first-order chi connectivity index (χ1) is 10.7. The normalized spacial score (nSPS) is 18.7. The predicted octanol–water partition coefficient (Wildman–Crippen LogP) is 4.04. The lowest BCUT2D eigenvalue weighted by Crippen LogP contribution is -2.29. The Morgan fingerprint density at radius 3 is 2.41 bits per heavy atom. The van der Waals surface area contributed by atoms with Crippen LogP contribution in [0.15, 0.2) is 12.2 Å². The van der Waals surface area contributed by atoms with Crippen LogP contribution in [-0.2, 0) is 19.1 Å². The van der Waals surface area contributed by atoms with Crippen molar-refractivity contribution in [1.29, 1.82) is 0 Å². The number of carbonyl (C=O) groups is 2. The van der Waals surface area contributed by atoms with Crippen LogP contribution in [0, 0.1) is 11.8 Å². The first-order valence-electron chi connectivity index (χ1n) is 8.68. The summed E-state index contributed by atoms with van der Waals surface area (Å²) in [4.78, 5) is 24.3. The van der Waals surface area contributed by atoms with Gasteiger partial charge in [0.25, 0.3) is 0 Å². The average Bonchev–Trinajstić information content (AvgIpc) is 2.54. The molecule has 22 heavy (non-hydrogen) atoms. The SMILES string of the molecule is CCCCOC(=O)CC(C(=O)OCCCC)C1C=CCCC1. The van der Waals surface area contributed by atoms with E-state index in [-0.39, 0.29) is 24.3 Å². The van der Waals surface area contributed by atoms with Crippen molar-refractivity contribution in [1.82, 2.24) is 0 Å². The van der Waals surface area contributed by atoms with Gasteiger partial charge in [-0.25, -0.2) is 0 Å². The average molecular weight is 310 g/mol. The summed E-state index contributed by atoms with van der Waals surface area (Å²) in [6.07, 6.45) is 11.0. The maximum atomic E-state index is 12.3. The lowest BCUT2D eigenvalue weighted by Gasteiger charge is -2.24. The molecule has 0 aromatic heterocycles. The van der Waals surface area contributed by atoms with Crippen LogP contribution >= 0.6 is 0 Å². The van der Waals surface area contributed by atoms with E-state index in [1.165, 1.54) is 0 Å². The molecule has 0 amide bonds. The first-order valence-corrected chi connectivity index (χ1v) is 8.68. The van der Waals surface area contributed by atoms with Gasteiger partial charge < -0.3 is 9.47 Å². The zero-order valence-corrected chi connectivity index (χ0v) is 14.0. The zero-order valence-electron chi connectivity index (χ0n) is 14.0. The second-order valence-electron chi connectivity index (χ2n) is 5.93. The van der Waals surface area contributed by atoms with Gasteiger partial charge in [-0.3, -0.25) is 9.59 Å². The van der Waals surface area contributed by atoms with E-state index in [2.05, 4.69) is 26.0 Å². The highest BCUT2D eigenvalue weighted by Gasteiger charge is 2.31. The fraction of sp³-hybridized carbons (Fsp3) is 0.778. The monoisotopic (exact) mass is 310 g/mol. The summed E-state index contributed by atoms with van der Waals surface area (Å²) in [6.45, 7) is 4.98. The minimum atomic E-state index is -0.400. The number of allylic oxidation sites excluding steroid dienone is 2. The summed E-state index contributed by atoms with van der Waals surface area (Å²) >= 11 is 0. The minimum absolute atomic E-state index is 0.0987. The van der Waals surface area contributed by atoms with Gasteiger partial charge in [-0.1, -0.05) is 38.8 Å². The Morgan fingerprint density at radius 1 is 1.14 bits per heavy atom. The van der Waals surface area contributed by atoms with Gasteiger partial charge >= 0.3 is 11.9 Å². The summed E-state index contributed by atoms with van der Waals surface area (Å²) in [6, 6.07) is 0. The molecular weight excluding hydrogens is 280 g/mol. The molecule has 0 saturated heterocycles. The van der Waals surface area contributed by atoms with Gasteiger partial charge in [-0.15, -0.1) is 0 Å². The van der Waals surface area contributed by atoms with Crippen molar-refractivity contribution < 1.29 is 19.1 Å². The van der Waals surface area contributed by atoms with Crippen LogP contribution in [-0.4, -0.2) is 25.2 Å². The number of carbonyl (C=O) groups excluding carboxylic acids is 2. The van der Waals surface area contributed by atoms with E-state index in [9.17, 15) is 9.59 Å². The van der Waals surface area contributed by atoms with E-state index in [1.54, 1.807) is 0 Å². The number of unbranched alkanes of at least 4 members (excludes halogenated alkanes) is 2. The lowest BCUT2D eigenvalue weighted by molar-refractivity contribution is -0.157. The van der Waals surface area contributed by atoms with Crippen molar-refractivity contribution in [3.63, 3.8) is 0 Å². The number of rotatable bonds is 10. The van der Waals surface area contributed by atoms with Crippen molar-refractivity contribution in [3.8, 4) is 0 Å². The number of esters is 2. The Balaban J connectivity index is 2.56. The Hall–Kier alpha value is -1.32. The molecule has 0 fully saturated rings. The second kappa shape index (κ2) is 11.3. The van der Waals surface area contributed by atoms with Crippen LogP contribution in [0.2, 0.25) is 0 Å². The van der Waals surface area contributed by atoms with Gasteiger partial charge in [0, 0.05) is 0 Å². The summed E-state index contributed by atoms with van der Waals surface area (Å²) in [5.74, 6) is -0.841. The Bertz CT molecular complexity index is 362. The maximum absolute atomic E-state index is 12.3. The van der Waals surface area contributed by atoms with E-state index in [0.717, 1.165) is 44.9 Å². The summed E-state index contributed by atoms with van der Waals surface area (Å²) < 4.78 is 10.6. The molecule has 2 atom stereocenters. The zero-order chi connectivity index (χ0) is 16.2. The van der Waals surface area contributed by atoms with Crippen molar-refractivity contribution >= 4 is 11.9 Å². The maximum Gasteiger partial charge on any atom is 0.310 e. The van der Waals surface area contributed by atoms with E-state index in [0.29, 0.717) is 13.2 Å². The van der Waals surface area contributed by atoms with Crippen LogP contribution in [0.25, 0.3) is 0 Å². The standard InChI is InChI=1S/C18H30O4/c1-3-5-12-21-17(19)14-16(15-10-8-7-9-11-15)18(20)22-13-6-4-2/h8,10,15-16H,3-7,9,11-14H2,1-2H3. The molecule has 0 spiro atoms. The third-order valence-electron chi connectivity index (χ3n) is 4.00. The molecule has 0 radical (unpaired) electrons. The summed E-state index contributed by atoms with van der Waals surface area (Å²) in [5, 5.41) is 0. The highest BCUT2D eigenvalue weighted by atomic mass is 16.5. The molecule has 2 unspecified atom stereocenters. The van der Waals surface area contributed by atoms with Crippen LogP contribution in [0.5, 0.6) is 0 Å². The van der Waals surface area contributed by atoms with E-state index < -0.39 is 5.92 Å². The van der Waals surface area contributed by atoms with Crippen LogP contribution in [0.3, 0.4) is 0 Å². The third kappa shape index (κ3) is 7.10. The molecule has 1 aliphatic rings. The molecule has 0 saturated carbocycles. The Labute approximate surface area is 134 Å². The van der Waals surface area contributed by atoms with Gasteiger partial charge in [-0.05, 0) is 38.0 Å². The van der Waals surface area contributed by atoms with E-state index in [4.69, 9.17) is 9.47 Å². The van der Waals surface area contributed by atoms with Gasteiger partial charge in [0.05, 0.1) is 25.6 Å². The van der Waals surface area contributed by atoms with Crippen LogP contribution < -0.4 is 0 Å². The largest absolute Gasteiger partial charge is 0.466 e. The number of ether oxygens (including phenoxy) is 2. The molecule has 4 heteroatoms. The van der Waals surface area contributed by atoms with Crippen LogP contribution in [0.4, 0.5) is 0 Å². The minimum Gasteiger partial charge on any atom is -0.466 e. The van der Waals surface area contributed by atoms with Crippen LogP contribution in [0.1, 0.15) is 65.2 Å². The summed E-state index contributed by atoms with van der Waals surface area (Å²) in [5.41, 5.74) is 0.